The summed E-state index contributed by atoms with van der Waals surface area (Å²) < 4.78 is 13.1. The van der Waals surface area contributed by atoms with Crippen molar-refractivity contribution in [2.24, 2.45) is 0 Å². The van der Waals surface area contributed by atoms with Crippen molar-refractivity contribution in [3.8, 4) is 0 Å². The number of carbonyl (C=O) groups is 1. The number of anilines is 2. The van der Waals surface area contributed by atoms with Gasteiger partial charge in [-0.15, -0.1) is 0 Å². The third-order valence-corrected chi connectivity index (χ3v) is 3.43. The summed E-state index contributed by atoms with van der Waals surface area (Å²) >= 11 is 5.71. The molecule has 23 heavy (non-hydrogen) atoms. The zero-order chi connectivity index (χ0) is 16.7. The number of amides is 1. The van der Waals surface area contributed by atoms with E-state index in [4.69, 9.17) is 11.6 Å². The minimum atomic E-state index is -0.488. The Balaban J connectivity index is 1.93. The van der Waals surface area contributed by atoms with Crippen LogP contribution >= 0.6 is 11.6 Å². The van der Waals surface area contributed by atoms with Crippen LogP contribution in [0.25, 0.3) is 0 Å². The van der Waals surface area contributed by atoms with E-state index < -0.39 is 5.82 Å². The second kappa shape index (κ2) is 8.43. The van der Waals surface area contributed by atoms with Crippen molar-refractivity contribution in [2.45, 2.75) is 26.2 Å². The molecule has 0 atom stereocenters. The number of aromatic nitrogens is 2. The van der Waals surface area contributed by atoms with Gasteiger partial charge in [-0.25, -0.2) is 14.4 Å². The minimum Gasteiger partial charge on any atom is -0.351 e. The van der Waals surface area contributed by atoms with Crippen LogP contribution in [0.5, 0.6) is 0 Å². The van der Waals surface area contributed by atoms with Gasteiger partial charge in [0.1, 0.15) is 17.3 Å². The monoisotopic (exact) mass is 336 g/mol. The lowest BCUT2D eigenvalue weighted by atomic mass is 10.2. The molecule has 0 radical (unpaired) electrons. The molecule has 1 heterocycles. The van der Waals surface area contributed by atoms with Gasteiger partial charge < -0.3 is 10.6 Å². The molecule has 0 unspecified atom stereocenters. The number of nitrogens with one attached hydrogen (secondary N) is 2. The largest absolute Gasteiger partial charge is 0.351 e. The van der Waals surface area contributed by atoms with E-state index >= 15 is 0 Å². The van der Waals surface area contributed by atoms with E-state index in [0.29, 0.717) is 18.1 Å². The highest BCUT2D eigenvalue weighted by molar-refractivity contribution is 6.31. The SMILES string of the molecule is CCCCCNC(=O)c1cnc(Nc2ccc(F)c(Cl)c2)cn1. The van der Waals surface area contributed by atoms with Crippen molar-refractivity contribution < 1.29 is 9.18 Å². The van der Waals surface area contributed by atoms with Crippen molar-refractivity contribution in [2.75, 3.05) is 11.9 Å². The van der Waals surface area contributed by atoms with Crippen LogP contribution in [-0.4, -0.2) is 22.4 Å². The van der Waals surface area contributed by atoms with Gasteiger partial charge in [0.05, 0.1) is 17.4 Å². The van der Waals surface area contributed by atoms with Crippen molar-refractivity contribution in [3.63, 3.8) is 0 Å². The molecule has 0 saturated carbocycles. The van der Waals surface area contributed by atoms with Crippen LogP contribution in [0.4, 0.5) is 15.9 Å². The molecule has 1 aromatic carbocycles. The lowest BCUT2D eigenvalue weighted by Gasteiger charge is -2.07. The molecule has 0 saturated heterocycles. The summed E-state index contributed by atoms with van der Waals surface area (Å²) in [5, 5.41) is 5.76. The summed E-state index contributed by atoms with van der Waals surface area (Å²) in [7, 11) is 0. The van der Waals surface area contributed by atoms with Crippen LogP contribution in [-0.2, 0) is 0 Å². The van der Waals surface area contributed by atoms with E-state index in [0.717, 1.165) is 19.3 Å². The first-order valence-electron chi connectivity index (χ1n) is 7.42. The molecule has 0 aliphatic heterocycles. The van der Waals surface area contributed by atoms with Crippen LogP contribution in [0.15, 0.2) is 30.6 Å². The van der Waals surface area contributed by atoms with Gasteiger partial charge in [-0.1, -0.05) is 31.4 Å². The Morgan fingerprint density at radius 1 is 1.26 bits per heavy atom. The molecule has 0 aliphatic carbocycles. The van der Waals surface area contributed by atoms with Gasteiger partial charge in [-0.3, -0.25) is 4.79 Å². The van der Waals surface area contributed by atoms with Crippen LogP contribution in [0.2, 0.25) is 5.02 Å². The normalized spacial score (nSPS) is 10.4. The fourth-order valence-electron chi connectivity index (χ4n) is 1.90. The lowest BCUT2D eigenvalue weighted by Crippen LogP contribution is -2.25. The molecule has 5 nitrogen and oxygen atoms in total. The number of unbranched alkanes of at least 4 members (excludes halogenated alkanes) is 2. The fraction of sp³-hybridized carbons (Fsp3) is 0.312. The van der Waals surface area contributed by atoms with E-state index in [1.807, 2.05) is 0 Å². The number of nitrogens with zero attached hydrogens (tertiary/aromatic N) is 2. The highest BCUT2D eigenvalue weighted by Crippen LogP contribution is 2.21. The van der Waals surface area contributed by atoms with Crippen molar-refractivity contribution in [1.29, 1.82) is 0 Å². The molecule has 0 bridgehead atoms. The van der Waals surface area contributed by atoms with E-state index in [-0.39, 0.29) is 16.6 Å². The number of hydrogen-bond acceptors (Lipinski definition) is 4. The average Bonchev–Trinajstić information content (AvgIpc) is 2.55. The highest BCUT2D eigenvalue weighted by Gasteiger charge is 2.08. The topological polar surface area (TPSA) is 66.9 Å². The molecular weight excluding hydrogens is 319 g/mol. The van der Waals surface area contributed by atoms with Crippen LogP contribution in [0, 0.1) is 5.82 Å². The molecule has 2 aromatic rings. The maximum Gasteiger partial charge on any atom is 0.271 e. The zero-order valence-corrected chi connectivity index (χ0v) is 13.5. The summed E-state index contributed by atoms with van der Waals surface area (Å²) in [5.74, 6) is -0.293. The Hall–Kier alpha value is -2.21. The summed E-state index contributed by atoms with van der Waals surface area (Å²) in [6.45, 7) is 2.73. The van der Waals surface area contributed by atoms with E-state index in [2.05, 4.69) is 27.5 Å². The number of hydrogen-bond donors (Lipinski definition) is 2. The predicted molar refractivity (Wildman–Crippen MR) is 88.6 cm³/mol. The average molecular weight is 337 g/mol. The van der Waals surface area contributed by atoms with Crippen molar-refractivity contribution >= 4 is 29.0 Å². The third-order valence-electron chi connectivity index (χ3n) is 3.14. The lowest BCUT2D eigenvalue weighted by molar-refractivity contribution is 0.0947. The van der Waals surface area contributed by atoms with Gasteiger partial charge in [-0.2, -0.15) is 0 Å². The Morgan fingerprint density at radius 2 is 2.09 bits per heavy atom. The van der Waals surface area contributed by atoms with Gasteiger partial charge in [0.15, 0.2) is 0 Å². The number of benzene rings is 1. The summed E-state index contributed by atoms with van der Waals surface area (Å²) in [6.07, 6.45) is 5.96. The Labute approximate surface area is 139 Å². The van der Waals surface area contributed by atoms with Gasteiger partial charge in [0.25, 0.3) is 5.91 Å². The first-order valence-corrected chi connectivity index (χ1v) is 7.80. The number of carbonyl (C=O) groups excluding carboxylic acids is 1. The molecule has 122 valence electrons. The summed E-state index contributed by atoms with van der Waals surface area (Å²) in [5.41, 5.74) is 0.839. The minimum absolute atomic E-state index is 0.0195. The maximum atomic E-state index is 13.1. The fourth-order valence-corrected chi connectivity index (χ4v) is 2.08. The molecular formula is C16H18ClFN4O. The highest BCUT2D eigenvalue weighted by atomic mass is 35.5. The van der Waals surface area contributed by atoms with Gasteiger partial charge >= 0.3 is 0 Å². The van der Waals surface area contributed by atoms with E-state index in [1.165, 1.54) is 30.6 Å². The van der Waals surface area contributed by atoms with Crippen LogP contribution in [0.1, 0.15) is 36.7 Å². The molecule has 0 aliphatic rings. The number of halogens is 2. The van der Waals surface area contributed by atoms with Crippen molar-refractivity contribution in [3.05, 3.63) is 47.1 Å². The zero-order valence-electron chi connectivity index (χ0n) is 12.8. The van der Waals surface area contributed by atoms with Gasteiger partial charge in [-0.05, 0) is 24.6 Å². The molecule has 2 rings (SSSR count). The summed E-state index contributed by atoms with van der Waals surface area (Å²) in [6, 6.07) is 4.25. The molecule has 7 heteroatoms. The Kier molecular flexibility index (Phi) is 6.29. The molecule has 0 spiro atoms. The van der Waals surface area contributed by atoms with Gasteiger partial charge in [0, 0.05) is 12.2 Å². The second-order valence-electron chi connectivity index (χ2n) is 5.00. The van der Waals surface area contributed by atoms with Gasteiger partial charge in [0.2, 0.25) is 0 Å². The van der Waals surface area contributed by atoms with Crippen LogP contribution in [0.3, 0.4) is 0 Å². The van der Waals surface area contributed by atoms with E-state index in [9.17, 15) is 9.18 Å². The quantitative estimate of drug-likeness (QED) is 0.752. The molecule has 0 fully saturated rings. The first-order chi connectivity index (χ1) is 11.1. The first kappa shape index (κ1) is 17.1. The predicted octanol–water partition coefficient (Wildman–Crippen LogP) is 3.93. The smallest absolute Gasteiger partial charge is 0.271 e. The second-order valence-corrected chi connectivity index (χ2v) is 5.41. The van der Waals surface area contributed by atoms with E-state index in [1.54, 1.807) is 0 Å². The molecule has 1 amide bonds. The van der Waals surface area contributed by atoms with Crippen LogP contribution < -0.4 is 10.6 Å². The maximum absolute atomic E-state index is 13.1. The third kappa shape index (κ3) is 5.17. The molecule has 2 N–H and O–H groups in total. The van der Waals surface area contributed by atoms with Crippen molar-refractivity contribution in [1.82, 2.24) is 15.3 Å². The molecule has 1 aromatic heterocycles. The Morgan fingerprint density at radius 3 is 2.74 bits per heavy atom. The summed E-state index contributed by atoms with van der Waals surface area (Å²) in [4.78, 5) is 20.1. The Bertz CT molecular complexity index is 664. The number of rotatable bonds is 7. The standard InChI is InChI=1S/C16H18ClFN4O/c1-2-3-4-7-19-16(23)14-9-21-15(10-20-14)22-11-5-6-13(18)12(17)8-11/h5-6,8-10H,2-4,7H2,1H3,(H,19,23)(H,21,22).